The van der Waals surface area contributed by atoms with Gasteiger partial charge in [-0.2, -0.15) is 0 Å². The highest BCUT2D eigenvalue weighted by molar-refractivity contribution is 7.89. The van der Waals surface area contributed by atoms with Gasteiger partial charge in [0.1, 0.15) is 15.9 Å². The van der Waals surface area contributed by atoms with Crippen LogP contribution in [0.2, 0.25) is 0 Å². The number of carbonyl (C=O) groups is 2. The lowest BCUT2D eigenvalue weighted by Gasteiger charge is -2.08. The average molecular weight is 294 g/mol. The van der Waals surface area contributed by atoms with E-state index in [4.69, 9.17) is 15.9 Å². The van der Waals surface area contributed by atoms with E-state index < -0.39 is 39.4 Å². The van der Waals surface area contributed by atoms with Gasteiger partial charge in [-0.05, 0) is 11.4 Å². The zero-order valence-corrected chi connectivity index (χ0v) is 10.5. The summed E-state index contributed by atoms with van der Waals surface area (Å²) in [6.45, 7) is -0.618. The zero-order valence-electron chi connectivity index (χ0n) is 8.86. The SMILES string of the molecule is NC(=O)C(O)CNS(=O)(=O)c1ccsc1C(=O)O. The van der Waals surface area contributed by atoms with Crippen LogP contribution in [0.3, 0.4) is 0 Å². The third-order valence-electron chi connectivity index (χ3n) is 1.91. The summed E-state index contributed by atoms with van der Waals surface area (Å²) in [5.41, 5.74) is 4.75. The van der Waals surface area contributed by atoms with Crippen molar-refractivity contribution in [1.82, 2.24) is 4.72 Å². The summed E-state index contributed by atoms with van der Waals surface area (Å²) in [5.74, 6) is -2.46. The molecule has 0 saturated heterocycles. The number of carboxylic acid groups (broad SMARTS) is 1. The monoisotopic (exact) mass is 294 g/mol. The van der Waals surface area contributed by atoms with Crippen molar-refractivity contribution < 1.29 is 28.2 Å². The van der Waals surface area contributed by atoms with Crippen LogP contribution in [0.15, 0.2) is 16.3 Å². The molecule has 0 aliphatic rings. The zero-order chi connectivity index (χ0) is 13.9. The summed E-state index contributed by atoms with van der Waals surface area (Å²) in [6.07, 6.45) is -1.67. The van der Waals surface area contributed by atoms with Crippen LogP contribution in [-0.4, -0.2) is 43.2 Å². The normalized spacial score (nSPS) is 13.2. The second kappa shape index (κ2) is 5.44. The summed E-state index contributed by atoms with van der Waals surface area (Å²) >= 11 is 0.752. The first-order chi connectivity index (χ1) is 8.25. The number of nitrogens with one attached hydrogen (secondary N) is 1. The van der Waals surface area contributed by atoms with Gasteiger partial charge in [-0.1, -0.05) is 0 Å². The Morgan fingerprint density at radius 3 is 2.61 bits per heavy atom. The molecule has 1 aromatic rings. The van der Waals surface area contributed by atoms with E-state index >= 15 is 0 Å². The maximum atomic E-state index is 11.7. The van der Waals surface area contributed by atoms with E-state index in [1.54, 1.807) is 0 Å². The number of nitrogens with two attached hydrogens (primary N) is 1. The number of primary amides is 1. The summed E-state index contributed by atoms with van der Waals surface area (Å²) in [6, 6.07) is 1.12. The number of hydrogen-bond acceptors (Lipinski definition) is 6. The number of carboxylic acids is 1. The number of sulfonamides is 1. The third kappa shape index (κ3) is 3.26. The Morgan fingerprint density at radius 1 is 1.50 bits per heavy atom. The van der Waals surface area contributed by atoms with Crippen molar-refractivity contribution in [2.45, 2.75) is 11.0 Å². The molecule has 1 rings (SSSR count). The first kappa shape index (κ1) is 14.6. The molecule has 0 spiro atoms. The molecule has 1 unspecified atom stereocenters. The molecule has 100 valence electrons. The lowest BCUT2D eigenvalue weighted by Crippen LogP contribution is -2.40. The lowest BCUT2D eigenvalue weighted by molar-refractivity contribution is -0.125. The largest absolute Gasteiger partial charge is 0.477 e. The molecule has 0 aromatic carbocycles. The number of aromatic carboxylic acids is 1. The summed E-state index contributed by atoms with van der Waals surface area (Å²) in [4.78, 5) is 20.5. The van der Waals surface area contributed by atoms with Crippen LogP contribution < -0.4 is 10.5 Å². The van der Waals surface area contributed by atoms with E-state index in [0.29, 0.717) is 0 Å². The van der Waals surface area contributed by atoms with Gasteiger partial charge < -0.3 is 15.9 Å². The second-order valence-corrected chi connectivity index (χ2v) is 5.84. The Bertz CT molecular complexity index is 564. The van der Waals surface area contributed by atoms with Crippen molar-refractivity contribution in [1.29, 1.82) is 0 Å². The van der Waals surface area contributed by atoms with Gasteiger partial charge in [0, 0.05) is 6.54 Å². The van der Waals surface area contributed by atoms with Crippen molar-refractivity contribution >= 4 is 33.2 Å². The van der Waals surface area contributed by atoms with Gasteiger partial charge in [-0.25, -0.2) is 17.9 Å². The molecule has 18 heavy (non-hydrogen) atoms. The van der Waals surface area contributed by atoms with Crippen LogP contribution in [0.25, 0.3) is 0 Å². The van der Waals surface area contributed by atoms with E-state index in [9.17, 15) is 18.0 Å². The molecule has 5 N–H and O–H groups in total. The van der Waals surface area contributed by atoms with Gasteiger partial charge in [0.15, 0.2) is 0 Å². The number of amides is 1. The van der Waals surface area contributed by atoms with Crippen LogP contribution in [0, 0.1) is 0 Å². The van der Waals surface area contributed by atoms with Gasteiger partial charge in [0.05, 0.1) is 0 Å². The predicted octanol–water partition coefficient (Wildman–Crippen LogP) is -1.43. The minimum Gasteiger partial charge on any atom is -0.477 e. The Balaban J connectivity index is 2.90. The number of hydrogen-bond donors (Lipinski definition) is 4. The summed E-state index contributed by atoms with van der Waals surface area (Å²) in [5, 5.41) is 19.1. The standard InChI is InChI=1S/C8H10N2O6S2/c9-7(12)4(11)3-10-18(15,16)5-1-2-17-6(5)8(13)14/h1-2,4,10-11H,3H2,(H2,9,12)(H,13,14). The smallest absolute Gasteiger partial charge is 0.347 e. The van der Waals surface area contributed by atoms with Crippen LogP contribution in [-0.2, 0) is 14.8 Å². The molecule has 8 nitrogen and oxygen atoms in total. The topological polar surface area (TPSA) is 147 Å². The number of aliphatic hydroxyl groups excluding tert-OH is 1. The van der Waals surface area contributed by atoms with E-state index in [1.807, 2.05) is 4.72 Å². The highest BCUT2D eigenvalue weighted by atomic mass is 32.2. The Labute approximate surface area is 106 Å². The van der Waals surface area contributed by atoms with E-state index in [0.717, 1.165) is 17.4 Å². The predicted molar refractivity (Wildman–Crippen MR) is 61.7 cm³/mol. The molecule has 0 fully saturated rings. The Morgan fingerprint density at radius 2 is 2.11 bits per heavy atom. The number of rotatable bonds is 6. The van der Waals surface area contributed by atoms with Crippen LogP contribution in [0.1, 0.15) is 9.67 Å². The molecule has 0 bridgehead atoms. The molecular formula is C8H10N2O6S2. The van der Waals surface area contributed by atoms with Crippen molar-refractivity contribution in [3.05, 3.63) is 16.3 Å². The van der Waals surface area contributed by atoms with E-state index in [-0.39, 0.29) is 4.88 Å². The lowest BCUT2D eigenvalue weighted by atomic mass is 10.3. The van der Waals surface area contributed by atoms with Gasteiger partial charge >= 0.3 is 5.97 Å². The summed E-state index contributed by atoms with van der Waals surface area (Å²) in [7, 11) is -4.11. The molecule has 0 radical (unpaired) electrons. The quantitative estimate of drug-likeness (QED) is 0.506. The Kier molecular flexibility index (Phi) is 4.40. The number of thiophene rings is 1. The van der Waals surface area contributed by atoms with Crippen molar-refractivity contribution in [3.8, 4) is 0 Å². The molecule has 0 saturated carbocycles. The van der Waals surface area contributed by atoms with Gasteiger partial charge in [0.2, 0.25) is 15.9 Å². The Hall–Kier alpha value is -1.49. The highest BCUT2D eigenvalue weighted by Gasteiger charge is 2.25. The van der Waals surface area contributed by atoms with Gasteiger partial charge in [0.25, 0.3) is 0 Å². The number of carbonyl (C=O) groups excluding carboxylic acids is 1. The fraction of sp³-hybridized carbons (Fsp3) is 0.250. The second-order valence-electron chi connectivity index (χ2n) is 3.19. The highest BCUT2D eigenvalue weighted by Crippen LogP contribution is 2.21. The first-order valence-corrected chi connectivity index (χ1v) is 6.90. The third-order valence-corrected chi connectivity index (χ3v) is 4.41. The first-order valence-electron chi connectivity index (χ1n) is 4.53. The maximum absolute atomic E-state index is 11.7. The van der Waals surface area contributed by atoms with Crippen molar-refractivity contribution in [2.75, 3.05) is 6.54 Å². The van der Waals surface area contributed by atoms with Gasteiger partial charge in [-0.3, -0.25) is 4.79 Å². The molecule has 1 amide bonds. The molecular weight excluding hydrogens is 284 g/mol. The maximum Gasteiger partial charge on any atom is 0.347 e. The van der Waals surface area contributed by atoms with E-state index in [2.05, 4.69) is 0 Å². The fourth-order valence-corrected chi connectivity index (χ4v) is 3.33. The minimum atomic E-state index is -4.11. The molecule has 1 atom stereocenters. The fourth-order valence-electron chi connectivity index (χ4n) is 1.03. The van der Waals surface area contributed by atoms with Crippen molar-refractivity contribution in [2.24, 2.45) is 5.73 Å². The van der Waals surface area contributed by atoms with Crippen LogP contribution in [0.4, 0.5) is 0 Å². The molecule has 1 heterocycles. The molecule has 10 heteroatoms. The average Bonchev–Trinajstić information content (AvgIpc) is 2.75. The minimum absolute atomic E-state index is 0.351. The van der Waals surface area contributed by atoms with Crippen molar-refractivity contribution in [3.63, 3.8) is 0 Å². The van der Waals surface area contributed by atoms with Crippen LogP contribution >= 0.6 is 11.3 Å². The number of aliphatic hydroxyl groups is 1. The molecule has 0 aliphatic heterocycles. The summed E-state index contributed by atoms with van der Waals surface area (Å²) < 4.78 is 25.3. The molecule has 0 aliphatic carbocycles. The van der Waals surface area contributed by atoms with Gasteiger partial charge in [-0.15, -0.1) is 11.3 Å². The van der Waals surface area contributed by atoms with Crippen LogP contribution in [0.5, 0.6) is 0 Å². The molecule has 1 aromatic heterocycles. The van der Waals surface area contributed by atoms with E-state index in [1.165, 1.54) is 5.38 Å².